The highest BCUT2D eigenvalue weighted by Crippen LogP contribution is 2.30. The Morgan fingerprint density at radius 3 is 1.01 bits per heavy atom. The lowest BCUT2D eigenvalue weighted by Crippen LogP contribution is -1.93. The highest BCUT2D eigenvalue weighted by molar-refractivity contribution is 5.48. The molecule has 8 rings (SSSR count). The van der Waals surface area contributed by atoms with E-state index in [1.807, 2.05) is 120 Å². The number of halogens is 2. The van der Waals surface area contributed by atoms with E-state index in [4.69, 9.17) is 42.6 Å². The summed E-state index contributed by atoms with van der Waals surface area (Å²) in [6, 6.07) is 42.4. The summed E-state index contributed by atoms with van der Waals surface area (Å²) in [4.78, 5) is 0. The van der Waals surface area contributed by atoms with Crippen molar-refractivity contribution in [2.24, 2.45) is 0 Å². The van der Waals surface area contributed by atoms with Gasteiger partial charge in [-0.2, -0.15) is 0 Å². The lowest BCUT2D eigenvalue weighted by Gasteiger charge is -2.10. The van der Waals surface area contributed by atoms with Gasteiger partial charge in [0.2, 0.25) is 0 Å². The Morgan fingerprint density at radius 2 is 0.602 bits per heavy atom. The van der Waals surface area contributed by atoms with Crippen LogP contribution in [0, 0.1) is 115 Å². The van der Waals surface area contributed by atoms with Gasteiger partial charge in [0, 0.05) is 23.3 Å². The molecule has 0 saturated carbocycles. The van der Waals surface area contributed by atoms with Gasteiger partial charge in [-0.1, -0.05) is 66.2 Å². The molecule has 0 N–H and O–H groups in total. The molecule has 83 heavy (non-hydrogen) atoms. The number of benzene rings is 8. The van der Waals surface area contributed by atoms with E-state index in [9.17, 15) is 8.78 Å². The minimum atomic E-state index is -0.513. The SMILES string of the molecule is COc1cc(C)c(C)c(OC)c1.COc1cc(C)cc(C)c1C.COc1cc(C)cc(OC)c1C.COc1ccc(C)c(C)c1.COc1cccc(C)c1C.COc1cccc(OC)c1C.Cc1cc(F)cc(F)c1C.Cc1ccccc1. The van der Waals surface area contributed by atoms with Gasteiger partial charge < -0.3 is 42.6 Å². The van der Waals surface area contributed by atoms with E-state index in [1.54, 1.807) is 77.8 Å². The van der Waals surface area contributed by atoms with Crippen molar-refractivity contribution in [3.05, 3.63) is 229 Å². The zero-order chi connectivity index (χ0) is 62.9. The average Bonchev–Trinajstić information content (AvgIpc) is 3.49. The van der Waals surface area contributed by atoms with Crippen LogP contribution < -0.4 is 42.6 Å². The maximum Gasteiger partial charge on any atom is 0.129 e. The second-order valence-electron chi connectivity index (χ2n) is 19.6. The van der Waals surface area contributed by atoms with Crippen LogP contribution in [0.15, 0.2) is 133 Å². The molecule has 0 amide bonds. The molecule has 8 aromatic carbocycles. The first-order valence-corrected chi connectivity index (χ1v) is 27.1. The molecule has 9 nitrogen and oxygen atoms in total. The van der Waals surface area contributed by atoms with Gasteiger partial charge in [0.05, 0.1) is 64.0 Å². The summed E-state index contributed by atoms with van der Waals surface area (Å²) in [5.74, 6) is 7.12. The van der Waals surface area contributed by atoms with Crippen molar-refractivity contribution in [3.8, 4) is 51.7 Å². The fourth-order valence-electron chi connectivity index (χ4n) is 7.69. The van der Waals surface area contributed by atoms with Crippen molar-refractivity contribution in [1.29, 1.82) is 0 Å². The van der Waals surface area contributed by atoms with Gasteiger partial charge in [-0.25, -0.2) is 8.78 Å². The van der Waals surface area contributed by atoms with Crippen molar-refractivity contribution in [2.75, 3.05) is 64.0 Å². The van der Waals surface area contributed by atoms with E-state index < -0.39 is 11.6 Å². The van der Waals surface area contributed by atoms with Gasteiger partial charge >= 0.3 is 0 Å². The fourth-order valence-corrected chi connectivity index (χ4v) is 7.69. The average molecular weight is 1140 g/mol. The van der Waals surface area contributed by atoms with E-state index in [-0.39, 0.29) is 0 Å². The highest BCUT2D eigenvalue weighted by atomic mass is 19.1. The Morgan fingerprint density at radius 1 is 0.229 bits per heavy atom. The third kappa shape index (κ3) is 25.2. The zero-order valence-electron chi connectivity index (χ0n) is 54.1. The monoisotopic (exact) mass is 1140 g/mol. The van der Waals surface area contributed by atoms with Gasteiger partial charge in [0.1, 0.15) is 63.4 Å². The molecule has 0 aliphatic heterocycles. The maximum atomic E-state index is 12.6. The molecule has 0 saturated heterocycles. The number of ether oxygens (including phenoxy) is 9. The number of rotatable bonds is 9. The van der Waals surface area contributed by atoms with Crippen LogP contribution in [-0.2, 0) is 0 Å². The molecule has 0 fully saturated rings. The lowest BCUT2D eigenvalue weighted by molar-refractivity contribution is 0.388. The molecular formula is C72H94F2O9. The quantitative estimate of drug-likeness (QED) is 0.140. The minimum absolute atomic E-state index is 0.475. The molecule has 450 valence electrons. The molecule has 0 radical (unpaired) electrons. The van der Waals surface area contributed by atoms with Crippen LogP contribution in [0.25, 0.3) is 0 Å². The van der Waals surface area contributed by atoms with Gasteiger partial charge in [-0.05, 0) is 231 Å². The first-order chi connectivity index (χ1) is 39.3. The van der Waals surface area contributed by atoms with Gasteiger partial charge in [-0.15, -0.1) is 0 Å². The van der Waals surface area contributed by atoms with Gasteiger partial charge in [-0.3, -0.25) is 0 Å². The summed E-state index contributed by atoms with van der Waals surface area (Å²) in [5, 5.41) is 0. The fraction of sp³-hybridized carbons (Fsp3) is 0.333. The molecule has 0 aromatic heterocycles. The smallest absolute Gasteiger partial charge is 0.129 e. The Kier molecular flexibility index (Phi) is 33.8. The van der Waals surface area contributed by atoms with Gasteiger partial charge in [0.25, 0.3) is 0 Å². The molecule has 0 spiro atoms. The first kappa shape index (κ1) is 72.8. The van der Waals surface area contributed by atoms with Crippen molar-refractivity contribution in [2.45, 2.75) is 104 Å². The van der Waals surface area contributed by atoms with Crippen LogP contribution in [0.5, 0.6) is 51.7 Å². The van der Waals surface area contributed by atoms with Crippen LogP contribution in [0.1, 0.15) is 83.5 Å². The van der Waals surface area contributed by atoms with Crippen molar-refractivity contribution in [1.82, 2.24) is 0 Å². The largest absolute Gasteiger partial charge is 0.497 e. The predicted octanol–water partition coefficient (Wildman–Crippen LogP) is 18.5. The summed E-state index contributed by atoms with van der Waals surface area (Å²) in [6.45, 7) is 30.0. The van der Waals surface area contributed by atoms with E-state index in [0.29, 0.717) is 11.1 Å². The van der Waals surface area contributed by atoms with Crippen molar-refractivity contribution >= 4 is 0 Å². The zero-order valence-corrected chi connectivity index (χ0v) is 54.1. The Balaban J connectivity index is 0.000000476. The van der Waals surface area contributed by atoms with E-state index in [1.165, 1.54) is 61.7 Å². The summed E-state index contributed by atoms with van der Waals surface area (Å²) in [7, 11) is 15.1. The van der Waals surface area contributed by atoms with E-state index in [2.05, 4.69) is 91.8 Å². The Hall–Kier alpha value is -8.18. The summed E-state index contributed by atoms with van der Waals surface area (Å²) in [6.07, 6.45) is 0. The third-order valence-corrected chi connectivity index (χ3v) is 13.6. The Bertz CT molecular complexity index is 3120. The summed E-state index contributed by atoms with van der Waals surface area (Å²) >= 11 is 0. The predicted molar refractivity (Wildman–Crippen MR) is 341 cm³/mol. The molecule has 0 aliphatic rings. The number of methoxy groups -OCH3 is 9. The third-order valence-electron chi connectivity index (χ3n) is 13.6. The number of hydrogen-bond donors (Lipinski definition) is 0. The maximum absolute atomic E-state index is 12.6. The molecule has 0 atom stereocenters. The molecule has 0 heterocycles. The number of hydrogen-bond acceptors (Lipinski definition) is 9. The van der Waals surface area contributed by atoms with Crippen LogP contribution in [0.4, 0.5) is 8.78 Å². The van der Waals surface area contributed by atoms with Crippen molar-refractivity contribution < 1.29 is 51.4 Å². The second-order valence-corrected chi connectivity index (χ2v) is 19.6. The standard InChI is InChI=1S/2C10H14O2.C10H14O.C9H12O2.2C9H12O.C8H8F2.C7H8/c1-7-5-9(11-3)6-10(12-4)8(7)2;1-7-5-9(11-3)8(2)10(6-7)12-4;1-7-5-8(2)9(3)10(6-7)11-4;1-7-8(10-2)5-4-6-9(7)11-3;1-7-4-5-9(10-3)6-8(7)2;1-7-5-4-6-9(10-3)8(7)2;1-5-3-7(9)4-8(10)6(5)2;1-7-5-3-2-4-6-7/h2*5-6H,1-4H3;5-6H,1-4H3;4-6H,1-3H3;2*4-6H,1-3H3;3-4H,1-2H3;2-6H,1H3. The summed E-state index contributed by atoms with van der Waals surface area (Å²) < 4.78 is 71.2. The van der Waals surface area contributed by atoms with Crippen LogP contribution in [0.2, 0.25) is 0 Å². The highest BCUT2D eigenvalue weighted by Gasteiger charge is 2.07. The van der Waals surface area contributed by atoms with Crippen LogP contribution in [-0.4, -0.2) is 64.0 Å². The lowest BCUT2D eigenvalue weighted by atomic mass is 10.1. The first-order valence-electron chi connectivity index (χ1n) is 27.1. The molecule has 8 aromatic rings. The van der Waals surface area contributed by atoms with Gasteiger partial charge in [0.15, 0.2) is 0 Å². The minimum Gasteiger partial charge on any atom is -0.497 e. The molecular weight excluding hydrogens is 1050 g/mol. The van der Waals surface area contributed by atoms with E-state index in [0.717, 1.165) is 74.5 Å². The number of aryl methyl sites for hydroxylation is 9. The topological polar surface area (TPSA) is 83.1 Å². The molecule has 0 aliphatic carbocycles. The normalized spacial score (nSPS) is 9.57. The second kappa shape index (κ2) is 38.5. The molecule has 0 unspecified atom stereocenters. The Labute approximate surface area is 497 Å². The van der Waals surface area contributed by atoms with Crippen molar-refractivity contribution in [3.63, 3.8) is 0 Å². The van der Waals surface area contributed by atoms with Crippen LogP contribution in [0.3, 0.4) is 0 Å². The molecule has 0 bridgehead atoms. The summed E-state index contributed by atoms with van der Waals surface area (Å²) in [5.41, 5.74) is 16.9. The van der Waals surface area contributed by atoms with E-state index >= 15 is 0 Å². The molecule has 11 heteroatoms. The van der Waals surface area contributed by atoms with Crippen LogP contribution >= 0.6 is 0 Å².